The predicted octanol–water partition coefficient (Wildman–Crippen LogP) is 2.92. The van der Waals surface area contributed by atoms with Gasteiger partial charge in [-0.05, 0) is 50.3 Å². The second-order valence-electron chi connectivity index (χ2n) is 7.77. The number of ether oxygens (including phenoxy) is 1. The number of hydrogen-bond donors (Lipinski definition) is 2. The largest absolute Gasteiger partial charge is 0.497 e. The van der Waals surface area contributed by atoms with Crippen LogP contribution < -0.4 is 21.4 Å². The number of methoxy groups -OCH3 is 1. The summed E-state index contributed by atoms with van der Waals surface area (Å²) in [6.07, 6.45) is 1.33. The van der Waals surface area contributed by atoms with Gasteiger partial charge in [0.25, 0.3) is 0 Å². The van der Waals surface area contributed by atoms with Crippen LogP contribution in [-0.4, -0.2) is 25.1 Å². The third kappa shape index (κ3) is 5.10. The van der Waals surface area contributed by atoms with Crippen molar-refractivity contribution in [3.63, 3.8) is 0 Å². The normalized spacial score (nSPS) is 13.6. The fourth-order valence-electron chi connectivity index (χ4n) is 3.51. The van der Waals surface area contributed by atoms with Gasteiger partial charge in [-0.3, -0.25) is 4.79 Å². The third-order valence-corrected chi connectivity index (χ3v) is 4.85. The number of nitrogens with one attached hydrogen (secondary N) is 1. The van der Waals surface area contributed by atoms with E-state index in [-0.39, 0.29) is 12.3 Å². The summed E-state index contributed by atoms with van der Waals surface area (Å²) in [7, 11) is 1.56. The molecule has 0 aliphatic carbocycles. The summed E-state index contributed by atoms with van der Waals surface area (Å²) in [5, 5.41) is 3.87. The van der Waals surface area contributed by atoms with E-state index < -0.39 is 11.2 Å². The van der Waals surface area contributed by atoms with Crippen LogP contribution in [0.5, 0.6) is 5.75 Å². The highest BCUT2D eigenvalue weighted by atomic mass is 16.5. The molecular weight excluding hydrogens is 344 g/mol. The molecule has 1 amide bonds. The molecule has 1 atom stereocenters. The Morgan fingerprint density at radius 2 is 2.07 bits per heavy atom. The van der Waals surface area contributed by atoms with Gasteiger partial charge in [-0.15, -0.1) is 0 Å². The Labute approximate surface area is 160 Å². The zero-order chi connectivity index (χ0) is 20.2. The van der Waals surface area contributed by atoms with Crippen LogP contribution >= 0.6 is 0 Å². The van der Waals surface area contributed by atoms with Crippen LogP contribution in [0.1, 0.15) is 44.7 Å². The molecule has 2 aromatic rings. The van der Waals surface area contributed by atoms with Crippen LogP contribution in [-0.2, 0) is 11.2 Å². The van der Waals surface area contributed by atoms with Gasteiger partial charge < -0.3 is 20.2 Å². The minimum absolute atomic E-state index is 0.114. The predicted molar refractivity (Wildman–Crippen MR) is 107 cm³/mol. The number of amides is 1. The molecule has 2 rings (SSSR count). The Bertz CT molecular complexity index is 872. The van der Waals surface area contributed by atoms with E-state index in [0.29, 0.717) is 35.8 Å². The third-order valence-electron chi connectivity index (χ3n) is 4.85. The SMILES string of the molecule is COc1ccc2c(C)c(CCC(=O)NC(C)(CN)CC(C)C)c(=O)oc2c1. The fourth-order valence-corrected chi connectivity index (χ4v) is 3.51. The van der Waals surface area contributed by atoms with Crippen LogP contribution in [0, 0.1) is 12.8 Å². The number of rotatable bonds is 8. The Morgan fingerprint density at radius 3 is 2.67 bits per heavy atom. The minimum atomic E-state index is -0.440. The van der Waals surface area contributed by atoms with Gasteiger partial charge in [0.1, 0.15) is 11.3 Å². The van der Waals surface area contributed by atoms with E-state index in [1.54, 1.807) is 13.2 Å². The molecule has 6 heteroatoms. The van der Waals surface area contributed by atoms with Gasteiger partial charge in [-0.25, -0.2) is 4.79 Å². The van der Waals surface area contributed by atoms with E-state index in [2.05, 4.69) is 19.2 Å². The second kappa shape index (κ2) is 8.57. The monoisotopic (exact) mass is 374 g/mol. The highest BCUT2D eigenvalue weighted by molar-refractivity contribution is 5.83. The van der Waals surface area contributed by atoms with Crippen molar-refractivity contribution in [3.8, 4) is 5.75 Å². The van der Waals surface area contributed by atoms with E-state index >= 15 is 0 Å². The van der Waals surface area contributed by atoms with E-state index in [4.69, 9.17) is 14.9 Å². The first kappa shape index (κ1) is 21.0. The highest BCUT2D eigenvalue weighted by Gasteiger charge is 2.26. The minimum Gasteiger partial charge on any atom is -0.497 e. The van der Waals surface area contributed by atoms with E-state index in [1.165, 1.54) is 0 Å². The van der Waals surface area contributed by atoms with Gasteiger partial charge in [0.05, 0.1) is 7.11 Å². The molecule has 0 saturated carbocycles. The van der Waals surface area contributed by atoms with Gasteiger partial charge in [0.2, 0.25) is 5.91 Å². The second-order valence-corrected chi connectivity index (χ2v) is 7.77. The molecule has 3 N–H and O–H groups in total. The van der Waals surface area contributed by atoms with Crippen molar-refractivity contribution in [2.24, 2.45) is 11.7 Å². The molecule has 0 radical (unpaired) electrons. The van der Waals surface area contributed by atoms with E-state index in [1.807, 2.05) is 26.0 Å². The molecule has 0 spiro atoms. The van der Waals surface area contributed by atoms with Gasteiger partial charge in [0.15, 0.2) is 0 Å². The lowest BCUT2D eigenvalue weighted by Gasteiger charge is -2.31. The lowest BCUT2D eigenvalue weighted by molar-refractivity contribution is -0.122. The summed E-state index contributed by atoms with van der Waals surface area (Å²) < 4.78 is 10.6. The molecule has 148 valence electrons. The molecule has 1 aromatic heterocycles. The Balaban J connectivity index is 2.17. The summed E-state index contributed by atoms with van der Waals surface area (Å²) in [5.74, 6) is 0.936. The number of hydrogen-bond acceptors (Lipinski definition) is 5. The van der Waals surface area contributed by atoms with Gasteiger partial charge in [0, 0.05) is 35.5 Å². The lowest BCUT2D eigenvalue weighted by Crippen LogP contribution is -2.52. The molecular formula is C21H30N2O4. The number of nitrogens with two attached hydrogens (primary N) is 1. The Kier molecular flexibility index (Phi) is 6.65. The van der Waals surface area contributed by atoms with Crippen molar-refractivity contribution < 1.29 is 13.9 Å². The molecule has 0 aliphatic rings. The number of carbonyl (C=O) groups excluding carboxylic acids is 1. The van der Waals surface area contributed by atoms with Crippen molar-refractivity contribution >= 4 is 16.9 Å². The zero-order valence-corrected chi connectivity index (χ0v) is 16.8. The summed E-state index contributed by atoms with van der Waals surface area (Å²) in [6, 6.07) is 5.38. The first-order valence-corrected chi connectivity index (χ1v) is 9.30. The maximum Gasteiger partial charge on any atom is 0.339 e. The molecule has 6 nitrogen and oxygen atoms in total. The van der Waals surface area contributed by atoms with E-state index in [0.717, 1.165) is 17.4 Å². The number of fused-ring (bicyclic) bond motifs is 1. The summed E-state index contributed by atoms with van der Waals surface area (Å²) in [5.41, 5.74) is 6.85. The molecule has 0 fully saturated rings. The average molecular weight is 374 g/mol. The summed E-state index contributed by atoms with van der Waals surface area (Å²) in [4.78, 5) is 24.8. The molecule has 0 bridgehead atoms. The Morgan fingerprint density at radius 1 is 1.37 bits per heavy atom. The maximum atomic E-state index is 12.4. The van der Waals surface area contributed by atoms with Crippen molar-refractivity contribution in [2.45, 2.75) is 52.5 Å². The zero-order valence-electron chi connectivity index (χ0n) is 16.8. The van der Waals surface area contributed by atoms with Crippen LogP contribution in [0.2, 0.25) is 0 Å². The van der Waals surface area contributed by atoms with Crippen molar-refractivity contribution in [2.75, 3.05) is 13.7 Å². The maximum absolute atomic E-state index is 12.4. The molecule has 1 unspecified atom stereocenters. The van der Waals surface area contributed by atoms with Crippen molar-refractivity contribution in [1.29, 1.82) is 0 Å². The Hall–Kier alpha value is -2.34. The van der Waals surface area contributed by atoms with Crippen molar-refractivity contribution in [3.05, 3.63) is 39.7 Å². The molecule has 0 saturated heterocycles. The van der Waals surface area contributed by atoms with Crippen LogP contribution in [0.25, 0.3) is 11.0 Å². The molecule has 1 heterocycles. The van der Waals surface area contributed by atoms with Gasteiger partial charge in [-0.2, -0.15) is 0 Å². The smallest absolute Gasteiger partial charge is 0.339 e. The fraction of sp³-hybridized carbons (Fsp3) is 0.524. The van der Waals surface area contributed by atoms with Gasteiger partial charge in [-0.1, -0.05) is 13.8 Å². The molecule has 0 aliphatic heterocycles. The average Bonchev–Trinajstić information content (AvgIpc) is 2.60. The van der Waals surface area contributed by atoms with Crippen LogP contribution in [0.15, 0.2) is 27.4 Å². The van der Waals surface area contributed by atoms with Gasteiger partial charge >= 0.3 is 5.63 Å². The standard InChI is InChI=1S/C21H30N2O4/c1-13(2)11-21(4,12-22)23-19(24)9-8-17-14(3)16-7-6-15(26-5)10-18(16)27-20(17)25/h6-7,10,13H,8-9,11-12,22H2,1-5H3,(H,23,24). The molecule has 27 heavy (non-hydrogen) atoms. The van der Waals surface area contributed by atoms with E-state index in [9.17, 15) is 9.59 Å². The highest BCUT2D eigenvalue weighted by Crippen LogP contribution is 2.24. The number of benzene rings is 1. The number of carbonyl (C=O) groups is 1. The number of aryl methyl sites for hydroxylation is 1. The summed E-state index contributed by atoms with van der Waals surface area (Å²) in [6.45, 7) is 8.39. The van der Waals surface area contributed by atoms with Crippen LogP contribution in [0.4, 0.5) is 0 Å². The quantitative estimate of drug-likeness (QED) is 0.693. The summed E-state index contributed by atoms with van der Waals surface area (Å²) >= 11 is 0. The lowest BCUT2D eigenvalue weighted by atomic mass is 9.90. The first-order chi connectivity index (χ1) is 12.7. The topological polar surface area (TPSA) is 94.6 Å². The van der Waals surface area contributed by atoms with Crippen molar-refractivity contribution in [1.82, 2.24) is 5.32 Å². The van der Waals surface area contributed by atoms with Crippen LogP contribution in [0.3, 0.4) is 0 Å². The first-order valence-electron chi connectivity index (χ1n) is 9.30. The molecule has 1 aromatic carbocycles.